The van der Waals surface area contributed by atoms with Crippen molar-refractivity contribution in [2.75, 3.05) is 0 Å². The number of hydrogen-bond acceptors (Lipinski definition) is 3. The Morgan fingerprint density at radius 3 is 2.59 bits per heavy atom. The van der Waals surface area contributed by atoms with E-state index in [1.54, 1.807) is 0 Å². The van der Waals surface area contributed by atoms with Crippen molar-refractivity contribution >= 4 is 5.97 Å². The highest BCUT2D eigenvalue weighted by atomic mass is 16.5. The Morgan fingerprint density at radius 2 is 1.94 bits per heavy atom. The van der Waals surface area contributed by atoms with Gasteiger partial charge in [0.25, 0.3) is 0 Å². The summed E-state index contributed by atoms with van der Waals surface area (Å²) < 4.78 is 5.38. The zero-order valence-corrected chi connectivity index (χ0v) is 9.97. The van der Waals surface area contributed by atoms with E-state index in [9.17, 15) is 4.79 Å². The molecule has 2 N–H and O–H groups in total. The van der Waals surface area contributed by atoms with Crippen LogP contribution >= 0.6 is 0 Å². The lowest BCUT2D eigenvalue weighted by atomic mass is 10.1. The molecule has 0 saturated heterocycles. The number of rotatable bonds is 4. The SMILES string of the molecule is NC(Cc1ccccc1)C(=O)OC1CCCC1. The van der Waals surface area contributed by atoms with Crippen molar-refractivity contribution in [2.45, 2.75) is 44.2 Å². The summed E-state index contributed by atoms with van der Waals surface area (Å²) in [5.41, 5.74) is 6.93. The average Bonchev–Trinajstić information content (AvgIpc) is 2.83. The summed E-state index contributed by atoms with van der Waals surface area (Å²) in [7, 11) is 0. The molecule has 17 heavy (non-hydrogen) atoms. The van der Waals surface area contributed by atoms with E-state index in [1.807, 2.05) is 30.3 Å². The third-order valence-electron chi connectivity index (χ3n) is 3.19. The zero-order chi connectivity index (χ0) is 12.1. The van der Waals surface area contributed by atoms with Crippen LogP contribution in [0.15, 0.2) is 30.3 Å². The van der Waals surface area contributed by atoms with E-state index in [0.717, 1.165) is 31.2 Å². The maximum absolute atomic E-state index is 11.8. The minimum absolute atomic E-state index is 0.101. The molecule has 92 valence electrons. The summed E-state index contributed by atoms with van der Waals surface area (Å²) in [6.07, 6.45) is 4.95. The molecule has 1 fully saturated rings. The van der Waals surface area contributed by atoms with Crippen LogP contribution in [0.25, 0.3) is 0 Å². The largest absolute Gasteiger partial charge is 0.461 e. The number of hydrogen-bond donors (Lipinski definition) is 1. The first kappa shape index (κ1) is 12.1. The van der Waals surface area contributed by atoms with E-state index in [1.165, 1.54) is 0 Å². The fraction of sp³-hybridized carbons (Fsp3) is 0.500. The molecule has 3 heteroatoms. The Hall–Kier alpha value is -1.35. The number of benzene rings is 1. The lowest BCUT2D eigenvalue weighted by Crippen LogP contribution is -2.36. The van der Waals surface area contributed by atoms with E-state index in [0.29, 0.717) is 6.42 Å². The number of ether oxygens (including phenoxy) is 1. The predicted octanol–water partition coefficient (Wildman–Crippen LogP) is 2.04. The number of carbonyl (C=O) groups excluding carboxylic acids is 1. The molecule has 0 aliphatic heterocycles. The summed E-state index contributed by atoms with van der Waals surface area (Å²) in [5, 5.41) is 0. The zero-order valence-electron chi connectivity index (χ0n) is 9.97. The Kier molecular flexibility index (Phi) is 4.15. The van der Waals surface area contributed by atoms with Crippen molar-refractivity contribution in [3.8, 4) is 0 Å². The van der Waals surface area contributed by atoms with Crippen LogP contribution < -0.4 is 5.73 Å². The second-order valence-electron chi connectivity index (χ2n) is 4.64. The third-order valence-corrected chi connectivity index (χ3v) is 3.19. The molecule has 0 bridgehead atoms. The Morgan fingerprint density at radius 1 is 1.29 bits per heavy atom. The van der Waals surface area contributed by atoms with Crippen molar-refractivity contribution in [2.24, 2.45) is 5.73 Å². The second-order valence-corrected chi connectivity index (χ2v) is 4.64. The van der Waals surface area contributed by atoms with E-state index in [4.69, 9.17) is 10.5 Å². The van der Waals surface area contributed by atoms with Crippen molar-refractivity contribution < 1.29 is 9.53 Å². The van der Waals surface area contributed by atoms with E-state index < -0.39 is 6.04 Å². The monoisotopic (exact) mass is 233 g/mol. The molecule has 0 heterocycles. The highest BCUT2D eigenvalue weighted by Crippen LogP contribution is 2.21. The molecular formula is C14H19NO2. The standard InChI is InChI=1S/C14H19NO2/c15-13(10-11-6-2-1-3-7-11)14(16)17-12-8-4-5-9-12/h1-3,6-7,12-13H,4-5,8-10,15H2. The summed E-state index contributed by atoms with van der Waals surface area (Å²) in [4.78, 5) is 11.8. The van der Waals surface area contributed by atoms with Crippen LogP contribution in [0.4, 0.5) is 0 Å². The van der Waals surface area contributed by atoms with Gasteiger partial charge in [0.05, 0.1) is 0 Å². The fourth-order valence-electron chi connectivity index (χ4n) is 2.21. The van der Waals surface area contributed by atoms with Crippen LogP contribution in [0, 0.1) is 0 Å². The van der Waals surface area contributed by atoms with E-state index in [2.05, 4.69) is 0 Å². The first-order valence-electron chi connectivity index (χ1n) is 6.25. The van der Waals surface area contributed by atoms with Crippen molar-refractivity contribution in [1.82, 2.24) is 0 Å². The molecule has 0 amide bonds. The van der Waals surface area contributed by atoms with Gasteiger partial charge in [0.2, 0.25) is 0 Å². The quantitative estimate of drug-likeness (QED) is 0.810. The first-order chi connectivity index (χ1) is 8.25. The molecule has 1 saturated carbocycles. The number of carbonyl (C=O) groups is 1. The van der Waals surface area contributed by atoms with Crippen molar-refractivity contribution in [1.29, 1.82) is 0 Å². The highest BCUT2D eigenvalue weighted by Gasteiger charge is 2.23. The van der Waals surface area contributed by atoms with Gasteiger partial charge in [-0.2, -0.15) is 0 Å². The van der Waals surface area contributed by atoms with Gasteiger partial charge in [-0.15, -0.1) is 0 Å². The van der Waals surface area contributed by atoms with Gasteiger partial charge in [-0.05, 0) is 37.7 Å². The minimum atomic E-state index is -0.544. The predicted molar refractivity (Wildman–Crippen MR) is 66.5 cm³/mol. The van der Waals surface area contributed by atoms with Crippen LogP contribution in [0.3, 0.4) is 0 Å². The number of nitrogens with two attached hydrogens (primary N) is 1. The third kappa shape index (κ3) is 3.56. The smallest absolute Gasteiger partial charge is 0.323 e. The fourth-order valence-corrected chi connectivity index (χ4v) is 2.21. The van der Waals surface area contributed by atoms with E-state index >= 15 is 0 Å². The van der Waals surface area contributed by atoms with Crippen LogP contribution in [0.5, 0.6) is 0 Å². The average molecular weight is 233 g/mol. The van der Waals surface area contributed by atoms with Gasteiger partial charge in [-0.25, -0.2) is 0 Å². The second kappa shape index (κ2) is 5.82. The first-order valence-corrected chi connectivity index (χ1v) is 6.25. The maximum atomic E-state index is 11.8. The minimum Gasteiger partial charge on any atom is -0.461 e. The van der Waals surface area contributed by atoms with Gasteiger partial charge < -0.3 is 10.5 Å². The Bertz CT molecular complexity index is 358. The molecule has 0 spiro atoms. The van der Waals surface area contributed by atoms with Crippen molar-refractivity contribution in [3.63, 3.8) is 0 Å². The van der Waals surface area contributed by atoms with Gasteiger partial charge >= 0.3 is 5.97 Å². The van der Waals surface area contributed by atoms with Crippen LogP contribution in [0.2, 0.25) is 0 Å². The Balaban J connectivity index is 1.82. The van der Waals surface area contributed by atoms with Gasteiger partial charge in [0.1, 0.15) is 12.1 Å². The molecule has 0 radical (unpaired) electrons. The molecule has 1 aromatic carbocycles. The summed E-state index contributed by atoms with van der Waals surface area (Å²) in [6, 6.07) is 9.25. The van der Waals surface area contributed by atoms with Gasteiger partial charge in [-0.1, -0.05) is 30.3 Å². The number of esters is 1. The molecular weight excluding hydrogens is 214 g/mol. The van der Waals surface area contributed by atoms with Crippen LogP contribution in [-0.2, 0) is 16.0 Å². The summed E-state index contributed by atoms with van der Waals surface area (Å²) in [5.74, 6) is -0.263. The summed E-state index contributed by atoms with van der Waals surface area (Å²) in [6.45, 7) is 0. The lowest BCUT2D eigenvalue weighted by molar-refractivity contribution is -0.150. The van der Waals surface area contributed by atoms with E-state index in [-0.39, 0.29) is 12.1 Å². The molecule has 1 aliphatic carbocycles. The van der Waals surface area contributed by atoms with Crippen LogP contribution in [0.1, 0.15) is 31.2 Å². The highest BCUT2D eigenvalue weighted by molar-refractivity contribution is 5.76. The molecule has 1 aromatic rings. The maximum Gasteiger partial charge on any atom is 0.323 e. The molecule has 3 nitrogen and oxygen atoms in total. The Labute approximate surface area is 102 Å². The lowest BCUT2D eigenvalue weighted by Gasteiger charge is -2.15. The summed E-state index contributed by atoms with van der Waals surface area (Å²) >= 11 is 0. The van der Waals surface area contributed by atoms with Gasteiger partial charge in [0.15, 0.2) is 0 Å². The molecule has 2 rings (SSSR count). The molecule has 0 aromatic heterocycles. The molecule has 1 atom stereocenters. The van der Waals surface area contributed by atoms with Gasteiger partial charge in [-0.3, -0.25) is 4.79 Å². The van der Waals surface area contributed by atoms with Gasteiger partial charge in [0, 0.05) is 0 Å². The molecule has 1 aliphatic rings. The topological polar surface area (TPSA) is 52.3 Å². The normalized spacial score (nSPS) is 17.9. The van der Waals surface area contributed by atoms with Crippen LogP contribution in [-0.4, -0.2) is 18.1 Å². The molecule has 1 unspecified atom stereocenters. The van der Waals surface area contributed by atoms with Crippen molar-refractivity contribution in [3.05, 3.63) is 35.9 Å².